The van der Waals surface area contributed by atoms with Gasteiger partial charge in [-0.2, -0.15) is 5.26 Å². The molecule has 172 valence electrons. The molecule has 12 heteroatoms. The molecule has 1 aromatic carbocycles. The molecule has 0 saturated carbocycles. The first kappa shape index (κ1) is 21.7. The van der Waals surface area contributed by atoms with Crippen molar-refractivity contribution in [2.45, 2.75) is 32.1 Å². The Morgan fingerprint density at radius 3 is 2.82 bits per heavy atom. The normalized spacial score (nSPS) is 20.1. The van der Waals surface area contributed by atoms with Crippen molar-refractivity contribution in [1.82, 2.24) is 14.3 Å². The number of fused-ring (bicyclic) bond motifs is 2. The number of benzene rings is 1. The first-order valence-corrected chi connectivity index (χ1v) is 11.1. The Hall–Kier alpha value is -4.08. The number of nitriles is 1. The highest BCUT2D eigenvalue weighted by atomic mass is 32.1. The average molecular weight is 479 g/mol. The topological polar surface area (TPSA) is 151 Å². The maximum absolute atomic E-state index is 13.2. The van der Waals surface area contributed by atoms with Gasteiger partial charge < -0.3 is 14.7 Å². The van der Waals surface area contributed by atoms with Gasteiger partial charge in [-0.15, -0.1) is 11.3 Å². The summed E-state index contributed by atoms with van der Waals surface area (Å²) in [5.41, 5.74) is 1.47. The molecule has 0 bridgehead atoms. The summed E-state index contributed by atoms with van der Waals surface area (Å²) >= 11 is 1.28. The van der Waals surface area contributed by atoms with E-state index in [0.717, 1.165) is 0 Å². The van der Waals surface area contributed by atoms with Crippen molar-refractivity contribution < 1.29 is 24.4 Å². The largest absolute Gasteiger partial charge is 0.456 e. The molecule has 2 aliphatic heterocycles. The van der Waals surface area contributed by atoms with Gasteiger partial charge in [-0.25, -0.2) is 9.78 Å². The smallest absolute Gasteiger partial charge is 0.355 e. The lowest BCUT2D eigenvalue weighted by Gasteiger charge is -2.44. The van der Waals surface area contributed by atoms with E-state index in [1.54, 1.807) is 17.5 Å². The monoisotopic (exact) mass is 479 g/mol. The Morgan fingerprint density at radius 1 is 1.44 bits per heavy atom. The minimum absolute atomic E-state index is 0.0747. The SMILES string of the molecule is C[C@@H](O)[C@H]1C(=O)N2C(C(=O)OCc3ccc([N+](=O)[O-])cc3)=C(c3cn4cnc(C#N)c4s3)C[C@H]12. The molecule has 0 unspecified atom stereocenters. The van der Waals surface area contributed by atoms with Gasteiger partial charge in [0.15, 0.2) is 5.69 Å². The molecule has 1 fully saturated rings. The minimum Gasteiger partial charge on any atom is -0.456 e. The molecule has 5 rings (SSSR count). The van der Waals surface area contributed by atoms with Crippen LogP contribution in [0.15, 0.2) is 42.5 Å². The molecule has 0 radical (unpaired) electrons. The Balaban J connectivity index is 1.46. The zero-order valence-electron chi connectivity index (χ0n) is 17.7. The van der Waals surface area contributed by atoms with Gasteiger partial charge in [0.1, 0.15) is 29.5 Å². The van der Waals surface area contributed by atoms with E-state index in [0.29, 0.717) is 27.3 Å². The summed E-state index contributed by atoms with van der Waals surface area (Å²) in [6.07, 6.45) is 2.76. The van der Waals surface area contributed by atoms with E-state index in [9.17, 15) is 30.1 Å². The fourth-order valence-electron chi connectivity index (χ4n) is 4.43. The van der Waals surface area contributed by atoms with Gasteiger partial charge in [0.05, 0.1) is 27.9 Å². The van der Waals surface area contributed by atoms with E-state index in [1.165, 1.54) is 46.8 Å². The Labute approximate surface area is 196 Å². The summed E-state index contributed by atoms with van der Waals surface area (Å²) in [6.45, 7) is 1.42. The van der Waals surface area contributed by atoms with Crippen LogP contribution in [0.3, 0.4) is 0 Å². The highest BCUT2D eigenvalue weighted by molar-refractivity contribution is 7.18. The van der Waals surface area contributed by atoms with Gasteiger partial charge in [-0.1, -0.05) is 0 Å². The quantitative estimate of drug-likeness (QED) is 0.245. The Kier molecular flexibility index (Phi) is 5.15. The fourth-order valence-corrected chi connectivity index (χ4v) is 5.50. The third-order valence-electron chi connectivity index (χ3n) is 6.05. The van der Waals surface area contributed by atoms with Gasteiger partial charge >= 0.3 is 5.97 Å². The van der Waals surface area contributed by atoms with Crippen LogP contribution in [0.2, 0.25) is 0 Å². The lowest BCUT2D eigenvalue weighted by molar-refractivity contribution is -0.384. The number of carbonyl (C=O) groups is 2. The van der Waals surface area contributed by atoms with Crippen molar-refractivity contribution in [2.75, 3.05) is 0 Å². The zero-order valence-corrected chi connectivity index (χ0v) is 18.6. The number of thiazole rings is 1. The molecule has 2 aliphatic rings. The number of carbonyl (C=O) groups excluding carboxylic acids is 2. The van der Waals surface area contributed by atoms with Crippen molar-refractivity contribution in [2.24, 2.45) is 5.92 Å². The summed E-state index contributed by atoms with van der Waals surface area (Å²) in [5, 5.41) is 30.1. The van der Waals surface area contributed by atoms with Crippen LogP contribution in [0, 0.1) is 27.4 Å². The van der Waals surface area contributed by atoms with Crippen molar-refractivity contribution in [1.29, 1.82) is 5.26 Å². The van der Waals surface area contributed by atoms with Crippen LogP contribution in [-0.4, -0.2) is 48.3 Å². The van der Waals surface area contributed by atoms with Crippen LogP contribution in [0.5, 0.6) is 0 Å². The number of nitrogens with zero attached hydrogens (tertiary/aromatic N) is 5. The summed E-state index contributed by atoms with van der Waals surface area (Å²) < 4.78 is 7.16. The molecule has 3 atom stereocenters. The van der Waals surface area contributed by atoms with Gasteiger partial charge in [-0.3, -0.25) is 19.3 Å². The number of rotatable bonds is 6. The molecule has 1 N–H and O–H groups in total. The number of nitro benzene ring substituents is 1. The molecule has 4 heterocycles. The fraction of sp³-hybridized carbons (Fsp3) is 0.273. The lowest BCUT2D eigenvalue weighted by Crippen LogP contribution is -2.61. The van der Waals surface area contributed by atoms with Crippen LogP contribution in [0.4, 0.5) is 5.69 Å². The van der Waals surface area contributed by atoms with E-state index in [2.05, 4.69) is 4.98 Å². The molecule has 34 heavy (non-hydrogen) atoms. The summed E-state index contributed by atoms with van der Waals surface area (Å²) in [5.74, 6) is -1.66. The zero-order chi connectivity index (χ0) is 24.1. The Bertz CT molecular complexity index is 1410. The van der Waals surface area contributed by atoms with E-state index >= 15 is 0 Å². The number of β-lactam (4-membered cyclic amide) rings is 1. The van der Waals surface area contributed by atoms with Gasteiger partial charge in [-0.05, 0) is 31.0 Å². The molecule has 3 aromatic rings. The second-order valence-electron chi connectivity index (χ2n) is 8.09. The predicted octanol–water partition coefficient (Wildman–Crippen LogP) is 2.24. The third kappa shape index (κ3) is 3.33. The minimum atomic E-state index is -0.862. The van der Waals surface area contributed by atoms with Crippen LogP contribution < -0.4 is 0 Å². The molecule has 0 aliphatic carbocycles. The van der Waals surface area contributed by atoms with Crippen molar-refractivity contribution in [3.63, 3.8) is 0 Å². The molecule has 1 amide bonds. The number of aliphatic hydroxyl groups excluding tert-OH is 1. The van der Waals surface area contributed by atoms with Crippen molar-refractivity contribution in [3.05, 3.63) is 68.7 Å². The molecular formula is C22H17N5O6S. The van der Waals surface area contributed by atoms with Crippen LogP contribution in [-0.2, 0) is 20.9 Å². The first-order valence-electron chi connectivity index (χ1n) is 10.3. The summed E-state index contributed by atoms with van der Waals surface area (Å²) in [4.78, 5) is 43.0. The number of esters is 1. The van der Waals surface area contributed by atoms with E-state index in [1.807, 2.05) is 6.07 Å². The average Bonchev–Trinajstić information content (AvgIpc) is 3.48. The number of ether oxygens (including phenoxy) is 1. The number of non-ortho nitro benzene ring substituents is 1. The van der Waals surface area contributed by atoms with Crippen molar-refractivity contribution in [3.8, 4) is 6.07 Å². The second-order valence-corrected chi connectivity index (χ2v) is 9.12. The highest BCUT2D eigenvalue weighted by Gasteiger charge is 2.57. The number of aromatic nitrogens is 2. The molecular weight excluding hydrogens is 462 g/mol. The van der Waals surface area contributed by atoms with Crippen LogP contribution in [0.1, 0.15) is 29.5 Å². The van der Waals surface area contributed by atoms with Crippen LogP contribution >= 0.6 is 11.3 Å². The number of imidazole rings is 1. The molecule has 2 aromatic heterocycles. The van der Waals surface area contributed by atoms with Crippen LogP contribution in [0.25, 0.3) is 10.4 Å². The maximum atomic E-state index is 13.2. The predicted molar refractivity (Wildman–Crippen MR) is 118 cm³/mol. The molecule has 0 spiro atoms. The summed E-state index contributed by atoms with van der Waals surface area (Å²) in [7, 11) is 0. The standard InChI is InChI=1S/C22H17N5O6S/c1-11(28)18-16-6-14(17-8-25-10-24-15(7-23)21(25)34-17)19(26(16)20(18)29)22(30)33-9-12-2-4-13(5-3-12)27(31)32/h2-5,8,10-11,16,18,28H,6,9H2,1H3/t11-,16-,18-/m1/s1. The number of hydrogen-bond donors (Lipinski definition) is 1. The first-order chi connectivity index (χ1) is 16.3. The number of amides is 1. The number of aliphatic hydroxyl groups is 1. The Morgan fingerprint density at radius 2 is 2.18 bits per heavy atom. The van der Waals surface area contributed by atoms with E-state index in [-0.39, 0.29) is 35.6 Å². The lowest BCUT2D eigenvalue weighted by atomic mass is 9.83. The number of nitro groups is 1. The van der Waals surface area contributed by atoms with Gasteiger partial charge in [0.2, 0.25) is 5.91 Å². The van der Waals surface area contributed by atoms with Crippen molar-refractivity contribution >= 4 is 39.3 Å². The third-order valence-corrected chi connectivity index (χ3v) is 7.22. The summed E-state index contributed by atoms with van der Waals surface area (Å²) in [6, 6.07) is 7.30. The highest BCUT2D eigenvalue weighted by Crippen LogP contribution is 2.48. The van der Waals surface area contributed by atoms with Gasteiger partial charge in [0, 0.05) is 23.9 Å². The van der Waals surface area contributed by atoms with E-state index < -0.39 is 22.9 Å². The second kappa shape index (κ2) is 8.05. The molecule has 1 saturated heterocycles. The maximum Gasteiger partial charge on any atom is 0.355 e. The van der Waals surface area contributed by atoms with E-state index in [4.69, 9.17) is 4.74 Å². The molecule has 11 nitrogen and oxygen atoms in total. The van der Waals surface area contributed by atoms with Gasteiger partial charge in [0.25, 0.3) is 5.69 Å². The number of hydrogen-bond acceptors (Lipinski definition) is 9.